The maximum atomic E-state index is 4.05. The van der Waals surface area contributed by atoms with Gasteiger partial charge in [0.15, 0.2) is 0 Å². The van der Waals surface area contributed by atoms with Crippen molar-refractivity contribution in [1.82, 2.24) is 14.9 Å². The molecule has 3 nitrogen and oxygen atoms in total. The molecule has 0 amide bonds. The van der Waals surface area contributed by atoms with Crippen molar-refractivity contribution >= 4 is 11.5 Å². The van der Waals surface area contributed by atoms with Crippen LogP contribution in [-0.4, -0.2) is 16.1 Å². The molecule has 0 aliphatic carbocycles. The second kappa shape index (κ2) is 2.64. The van der Waals surface area contributed by atoms with Crippen LogP contribution in [0.5, 0.6) is 0 Å². The molecule has 0 unspecified atom stereocenters. The summed E-state index contributed by atoms with van der Waals surface area (Å²) in [4.78, 5) is 1.32. The first-order chi connectivity index (χ1) is 4.97. The number of hydrogen-bond donors (Lipinski definition) is 1. The van der Waals surface area contributed by atoms with Crippen LogP contribution in [0.25, 0.3) is 0 Å². The summed E-state index contributed by atoms with van der Waals surface area (Å²) in [7, 11) is 0. The van der Waals surface area contributed by atoms with Crippen LogP contribution in [0.2, 0.25) is 0 Å². The second-order valence-electron chi connectivity index (χ2n) is 2.42. The summed E-state index contributed by atoms with van der Waals surface area (Å²) in [6.45, 7) is 2.08. The smallest absolute Gasteiger partial charge is 0.0801 e. The standard InChI is InChI=1S/C6H9N3S/c1-2-5-6(4-7-3-1)10-9-8-5/h7H,1-4H2. The van der Waals surface area contributed by atoms with Crippen molar-refractivity contribution in [3.63, 3.8) is 0 Å². The third kappa shape index (κ3) is 1.04. The largest absolute Gasteiger partial charge is 0.312 e. The van der Waals surface area contributed by atoms with Gasteiger partial charge in [-0.25, -0.2) is 0 Å². The summed E-state index contributed by atoms with van der Waals surface area (Å²) in [5, 5.41) is 7.37. The summed E-state index contributed by atoms with van der Waals surface area (Å²) in [6.07, 6.45) is 2.29. The molecule has 0 atom stereocenters. The van der Waals surface area contributed by atoms with Gasteiger partial charge in [-0.15, -0.1) is 5.10 Å². The van der Waals surface area contributed by atoms with Crippen molar-refractivity contribution in [2.24, 2.45) is 0 Å². The first-order valence-electron chi connectivity index (χ1n) is 3.47. The van der Waals surface area contributed by atoms with E-state index in [0.29, 0.717) is 0 Å². The van der Waals surface area contributed by atoms with Crippen molar-refractivity contribution in [1.29, 1.82) is 0 Å². The molecule has 0 spiro atoms. The summed E-state index contributed by atoms with van der Waals surface area (Å²) in [5.74, 6) is 0. The Labute approximate surface area is 63.6 Å². The number of hydrogen-bond acceptors (Lipinski definition) is 4. The van der Waals surface area contributed by atoms with Crippen LogP contribution in [0.15, 0.2) is 0 Å². The van der Waals surface area contributed by atoms with E-state index in [1.165, 1.54) is 28.5 Å². The minimum atomic E-state index is 0.965. The normalized spacial score (nSPS) is 18.0. The number of aryl methyl sites for hydroxylation is 1. The number of rotatable bonds is 0. The Morgan fingerprint density at radius 3 is 3.50 bits per heavy atom. The maximum absolute atomic E-state index is 4.05. The minimum Gasteiger partial charge on any atom is -0.312 e. The summed E-state index contributed by atoms with van der Waals surface area (Å²) in [5.41, 5.74) is 1.20. The Morgan fingerprint density at radius 1 is 1.50 bits per heavy atom. The first-order valence-corrected chi connectivity index (χ1v) is 4.25. The summed E-state index contributed by atoms with van der Waals surface area (Å²) < 4.78 is 3.90. The molecule has 0 saturated heterocycles. The zero-order valence-electron chi connectivity index (χ0n) is 5.63. The fourth-order valence-corrected chi connectivity index (χ4v) is 1.79. The van der Waals surface area contributed by atoms with Gasteiger partial charge in [-0.2, -0.15) is 0 Å². The third-order valence-electron chi connectivity index (χ3n) is 1.69. The highest BCUT2D eigenvalue weighted by Gasteiger charge is 2.09. The first kappa shape index (κ1) is 6.24. The quantitative estimate of drug-likeness (QED) is 0.595. The molecule has 1 aliphatic rings. The van der Waals surface area contributed by atoms with Crippen molar-refractivity contribution in [3.8, 4) is 0 Å². The molecule has 4 heteroatoms. The Morgan fingerprint density at radius 2 is 2.50 bits per heavy atom. The van der Waals surface area contributed by atoms with Gasteiger partial charge in [0.2, 0.25) is 0 Å². The highest BCUT2D eigenvalue weighted by Crippen LogP contribution is 2.13. The predicted octanol–water partition coefficient (Wildman–Crippen LogP) is 0.574. The van der Waals surface area contributed by atoms with E-state index in [2.05, 4.69) is 14.9 Å². The van der Waals surface area contributed by atoms with Crippen molar-refractivity contribution in [2.75, 3.05) is 6.54 Å². The number of aromatic nitrogens is 2. The molecule has 1 aromatic rings. The van der Waals surface area contributed by atoms with E-state index in [1.54, 1.807) is 0 Å². The van der Waals surface area contributed by atoms with Crippen molar-refractivity contribution in [2.45, 2.75) is 19.4 Å². The van der Waals surface area contributed by atoms with E-state index in [-0.39, 0.29) is 0 Å². The van der Waals surface area contributed by atoms with E-state index < -0.39 is 0 Å². The van der Waals surface area contributed by atoms with Gasteiger partial charge in [0, 0.05) is 6.54 Å². The van der Waals surface area contributed by atoms with Crippen LogP contribution in [-0.2, 0) is 13.0 Å². The zero-order valence-corrected chi connectivity index (χ0v) is 6.45. The van der Waals surface area contributed by atoms with Gasteiger partial charge in [0.25, 0.3) is 0 Å². The molecule has 1 N–H and O–H groups in total. The Hall–Kier alpha value is -0.480. The summed E-state index contributed by atoms with van der Waals surface area (Å²) >= 11 is 1.52. The maximum Gasteiger partial charge on any atom is 0.0801 e. The van der Waals surface area contributed by atoms with Crippen LogP contribution in [0.1, 0.15) is 17.0 Å². The Bertz CT molecular complexity index is 200. The molecule has 2 rings (SSSR count). The average molecular weight is 155 g/mol. The Kier molecular flexibility index (Phi) is 1.65. The molecular formula is C6H9N3S. The van der Waals surface area contributed by atoms with Crippen LogP contribution in [0.3, 0.4) is 0 Å². The van der Waals surface area contributed by atoms with Gasteiger partial charge in [0.1, 0.15) is 0 Å². The second-order valence-corrected chi connectivity index (χ2v) is 3.26. The topological polar surface area (TPSA) is 37.8 Å². The van der Waals surface area contributed by atoms with E-state index >= 15 is 0 Å². The zero-order chi connectivity index (χ0) is 6.81. The lowest BCUT2D eigenvalue weighted by atomic mass is 10.2. The molecule has 54 valence electrons. The van der Waals surface area contributed by atoms with Crippen molar-refractivity contribution < 1.29 is 0 Å². The van der Waals surface area contributed by atoms with E-state index in [9.17, 15) is 0 Å². The van der Waals surface area contributed by atoms with Crippen LogP contribution < -0.4 is 5.32 Å². The molecular weight excluding hydrogens is 146 g/mol. The Balaban J connectivity index is 2.28. The van der Waals surface area contributed by atoms with Crippen LogP contribution >= 0.6 is 11.5 Å². The third-order valence-corrected chi connectivity index (χ3v) is 2.45. The lowest BCUT2D eigenvalue weighted by Crippen LogP contribution is -2.11. The number of nitrogens with one attached hydrogen (secondary N) is 1. The monoisotopic (exact) mass is 155 g/mol. The molecule has 0 aromatic carbocycles. The number of nitrogens with zero attached hydrogens (tertiary/aromatic N) is 2. The lowest BCUT2D eigenvalue weighted by Gasteiger charge is -1.92. The van der Waals surface area contributed by atoms with E-state index in [4.69, 9.17) is 0 Å². The van der Waals surface area contributed by atoms with Gasteiger partial charge < -0.3 is 5.32 Å². The highest BCUT2D eigenvalue weighted by atomic mass is 32.1. The molecule has 0 fully saturated rings. The van der Waals surface area contributed by atoms with Gasteiger partial charge in [-0.1, -0.05) is 4.49 Å². The molecule has 0 saturated carbocycles. The molecule has 0 radical (unpaired) electrons. The van der Waals surface area contributed by atoms with E-state index in [0.717, 1.165) is 19.5 Å². The van der Waals surface area contributed by atoms with Crippen molar-refractivity contribution in [3.05, 3.63) is 10.6 Å². The number of fused-ring (bicyclic) bond motifs is 1. The average Bonchev–Trinajstić information content (AvgIpc) is 2.28. The van der Waals surface area contributed by atoms with Gasteiger partial charge in [-0.05, 0) is 30.9 Å². The fraction of sp³-hybridized carbons (Fsp3) is 0.667. The van der Waals surface area contributed by atoms with E-state index in [1.807, 2.05) is 0 Å². The molecule has 0 bridgehead atoms. The molecule has 1 aliphatic heterocycles. The van der Waals surface area contributed by atoms with Crippen LogP contribution in [0, 0.1) is 0 Å². The van der Waals surface area contributed by atoms with Gasteiger partial charge >= 0.3 is 0 Å². The van der Waals surface area contributed by atoms with Gasteiger partial charge in [-0.3, -0.25) is 0 Å². The minimum absolute atomic E-state index is 0.965. The van der Waals surface area contributed by atoms with Gasteiger partial charge in [0.05, 0.1) is 10.6 Å². The molecule has 10 heavy (non-hydrogen) atoms. The SMILES string of the molecule is C1CNCc2snnc2C1. The fourth-order valence-electron chi connectivity index (χ4n) is 1.13. The molecule has 1 aromatic heterocycles. The summed E-state index contributed by atoms with van der Waals surface area (Å²) in [6, 6.07) is 0. The highest BCUT2D eigenvalue weighted by molar-refractivity contribution is 7.05. The van der Waals surface area contributed by atoms with Crippen LogP contribution in [0.4, 0.5) is 0 Å². The predicted molar refractivity (Wildman–Crippen MR) is 39.9 cm³/mol. The lowest BCUT2D eigenvalue weighted by molar-refractivity contribution is 0.681. The molecule has 2 heterocycles.